The van der Waals surface area contributed by atoms with Gasteiger partial charge >= 0.3 is 0 Å². The number of rotatable bonds is 5. The molecular weight excluding hydrogens is 344 g/mol. The topological polar surface area (TPSA) is 122 Å². The average Bonchev–Trinajstić information content (AvgIpc) is 3.22. The SMILES string of the molecule is C[C@H](NC[C@H]1C[C@@H](O)[C@H](n2cnc3c(N)ncnc32)[C@H]1O)c1ccccc1. The van der Waals surface area contributed by atoms with E-state index in [2.05, 4.69) is 39.3 Å². The number of imidazole rings is 1. The lowest BCUT2D eigenvalue weighted by Crippen LogP contribution is -2.33. The summed E-state index contributed by atoms with van der Waals surface area (Å²) in [5, 5.41) is 24.9. The van der Waals surface area contributed by atoms with Crippen LogP contribution in [0.25, 0.3) is 11.2 Å². The van der Waals surface area contributed by atoms with Gasteiger partial charge in [-0.05, 0) is 18.9 Å². The van der Waals surface area contributed by atoms with E-state index in [-0.39, 0.29) is 17.8 Å². The highest BCUT2D eigenvalue weighted by molar-refractivity contribution is 5.81. The Kier molecular flexibility index (Phi) is 4.77. The minimum Gasteiger partial charge on any atom is -0.391 e. The molecule has 5 atom stereocenters. The number of benzene rings is 1. The van der Waals surface area contributed by atoms with Gasteiger partial charge in [-0.25, -0.2) is 15.0 Å². The Morgan fingerprint density at radius 2 is 2.00 bits per heavy atom. The van der Waals surface area contributed by atoms with Crippen molar-refractivity contribution in [1.82, 2.24) is 24.8 Å². The zero-order chi connectivity index (χ0) is 19.0. The van der Waals surface area contributed by atoms with Crippen LogP contribution in [0.15, 0.2) is 43.0 Å². The van der Waals surface area contributed by atoms with Crippen LogP contribution < -0.4 is 11.1 Å². The maximum Gasteiger partial charge on any atom is 0.165 e. The summed E-state index contributed by atoms with van der Waals surface area (Å²) < 4.78 is 1.71. The second-order valence-corrected chi connectivity index (χ2v) is 7.17. The molecule has 1 aliphatic rings. The number of nitrogen functional groups attached to an aromatic ring is 1. The first-order valence-corrected chi connectivity index (χ1v) is 9.13. The van der Waals surface area contributed by atoms with Gasteiger partial charge in [-0.3, -0.25) is 0 Å². The lowest BCUT2D eigenvalue weighted by molar-refractivity contribution is 0.0613. The molecule has 0 aliphatic heterocycles. The zero-order valence-corrected chi connectivity index (χ0v) is 15.1. The quantitative estimate of drug-likeness (QED) is 0.531. The number of nitrogens with one attached hydrogen (secondary N) is 1. The number of hydrogen-bond acceptors (Lipinski definition) is 7. The minimum absolute atomic E-state index is 0.0761. The normalized spacial score (nSPS) is 26.5. The molecule has 1 fully saturated rings. The second kappa shape index (κ2) is 7.22. The third-order valence-electron chi connectivity index (χ3n) is 5.47. The lowest BCUT2D eigenvalue weighted by atomic mass is 10.0. The Balaban J connectivity index is 1.49. The maximum absolute atomic E-state index is 10.9. The summed E-state index contributed by atoms with van der Waals surface area (Å²) in [6.45, 7) is 2.70. The van der Waals surface area contributed by atoms with Crippen LogP contribution >= 0.6 is 0 Å². The molecule has 8 nitrogen and oxygen atoms in total. The van der Waals surface area contributed by atoms with Crippen LogP contribution in [0.4, 0.5) is 5.82 Å². The minimum atomic E-state index is -0.718. The largest absolute Gasteiger partial charge is 0.391 e. The van der Waals surface area contributed by atoms with Gasteiger partial charge in [0.1, 0.15) is 11.8 Å². The molecule has 0 saturated heterocycles. The van der Waals surface area contributed by atoms with Crippen LogP contribution in [-0.4, -0.2) is 48.5 Å². The number of nitrogens with two attached hydrogens (primary N) is 1. The van der Waals surface area contributed by atoms with Crippen molar-refractivity contribution in [1.29, 1.82) is 0 Å². The first kappa shape index (κ1) is 17.8. The molecule has 0 unspecified atom stereocenters. The van der Waals surface area contributed by atoms with Gasteiger partial charge in [-0.2, -0.15) is 0 Å². The Hall–Kier alpha value is -2.55. The highest BCUT2D eigenvalue weighted by Crippen LogP contribution is 2.37. The second-order valence-electron chi connectivity index (χ2n) is 7.17. The first-order valence-electron chi connectivity index (χ1n) is 9.13. The van der Waals surface area contributed by atoms with Gasteiger partial charge in [0.05, 0.1) is 24.6 Å². The number of fused-ring (bicyclic) bond motifs is 1. The molecule has 5 N–H and O–H groups in total. The van der Waals surface area contributed by atoms with E-state index in [4.69, 9.17) is 5.73 Å². The summed E-state index contributed by atoms with van der Waals surface area (Å²) in [4.78, 5) is 12.4. The van der Waals surface area contributed by atoms with E-state index in [0.29, 0.717) is 24.1 Å². The monoisotopic (exact) mass is 368 g/mol. The molecule has 1 saturated carbocycles. The highest BCUT2D eigenvalue weighted by atomic mass is 16.3. The predicted octanol–water partition coefficient (Wildman–Crippen LogP) is 1.04. The molecule has 2 heterocycles. The fourth-order valence-electron chi connectivity index (χ4n) is 3.93. The van der Waals surface area contributed by atoms with E-state index in [1.54, 1.807) is 10.9 Å². The smallest absolute Gasteiger partial charge is 0.165 e. The summed E-state index contributed by atoms with van der Waals surface area (Å²) in [6.07, 6.45) is 2.02. The molecule has 0 amide bonds. The molecule has 0 radical (unpaired) electrons. The molecule has 0 spiro atoms. The van der Waals surface area contributed by atoms with Crippen molar-refractivity contribution in [2.75, 3.05) is 12.3 Å². The van der Waals surface area contributed by atoms with Crippen molar-refractivity contribution in [3.05, 3.63) is 48.5 Å². The van der Waals surface area contributed by atoms with E-state index in [0.717, 1.165) is 0 Å². The van der Waals surface area contributed by atoms with Crippen LogP contribution in [0.5, 0.6) is 0 Å². The maximum atomic E-state index is 10.9. The number of hydrogen-bond donors (Lipinski definition) is 4. The fourth-order valence-corrected chi connectivity index (χ4v) is 3.93. The van der Waals surface area contributed by atoms with Crippen molar-refractivity contribution in [2.45, 2.75) is 37.6 Å². The van der Waals surface area contributed by atoms with E-state index < -0.39 is 18.2 Å². The van der Waals surface area contributed by atoms with Gasteiger partial charge in [-0.1, -0.05) is 30.3 Å². The fraction of sp³-hybridized carbons (Fsp3) is 0.421. The van der Waals surface area contributed by atoms with E-state index in [1.165, 1.54) is 11.9 Å². The van der Waals surface area contributed by atoms with Gasteiger partial charge < -0.3 is 25.8 Å². The van der Waals surface area contributed by atoms with Crippen molar-refractivity contribution >= 4 is 17.0 Å². The molecule has 1 aromatic carbocycles. The van der Waals surface area contributed by atoms with Gasteiger partial charge in [0.2, 0.25) is 0 Å². The van der Waals surface area contributed by atoms with Crippen molar-refractivity contribution in [3.63, 3.8) is 0 Å². The van der Waals surface area contributed by atoms with Crippen LogP contribution in [0.2, 0.25) is 0 Å². The highest BCUT2D eigenvalue weighted by Gasteiger charge is 2.43. The van der Waals surface area contributed by atoms with Crippen molar-refractivity contribution in [2.24, 2.45) is 5.92 Å². The standard InChI is InChI=1S/C19H24N6O2/c1-11(12-5-3-2-4-6-12)21-8-13-7-14(26)16(17(13)27)25-10-24-15-18(20)22-9-23-19(15)25/h2-6,9-11,13-14,16-17,21,26-27H,7-8H2,1H3,(H2,20,22,23)/t11-,13+,14+,16-,17-/m0/s1. The molecule has 1 aliphatic carbocycles. The van der Waals surface area contributed by atoms with E-state index in [9.17, 15) is 10.2 Å². The molecule has 4 rings (SSSR count). The molecule has 8 heteroatoms. The van der Waals surface area contributed by atoms with Crippen LogP contribution in [-0.2, 0) is 0 Å². The molecule has 142 valence electrons. The molecule has 0 bridgehead atoms. The summed E-state index contributed by atoms with van der Waals surface area (Å²) >= 11 is 0. The third kappa shape index (κ3) is 3.27. The van der Waals surface area contributed by atoms with Gasteiger partial charge in [0.15, 0.2) is 11.5 Å². The number of aliphatic hydroxyl groups is 2. The molecule has 2 aromatic heterocycles. The van der Waals surface area contributed by atoms with Crippen LogP contribution in [0.1, 0.15) is 31.0 Å². The van der Waals surface area contributed by atoms with E-state index in [1.807, 2.05) is 18.2 Å². The first-order chi connectivity index (χ1) is 13.1. The summed E-state index contributed by atoms with van der Waals surface area (Å²) in [7, 11) is 0. The Morgan fingerprint density at radius 3 is 2.78 bits per heavy atom. The summed E-state index contributed by atoms with van der Waals surface area (Å²) in [6, 6.07) is 9.80. The number of anilines is 1. The van der Waals surface area contributed by atoms with Gasteiger partial charge in [0, 0.05) is 18.5 Å². The summed E-state index contributed by atoms with van der Waals surface area (Å²) in [5.74, 6) is 0.212. The van der Waals surface area contributed by atoms with Crippen LogP contribution in [0.3, 0.4) is 0 Å². The van der Waals surface area contributed by atoms with Crippen LogP contribution in [0, 0.1) is 5.92 Å². The Morgan fingerprint density at radius 1 is 1.22 bits per heavy atom. The average molecular weight is 368 g/mol. The zero-order valence-electron chi connectivity index (χ0n) is 15.1. The molecule has 27 heavy (non-hydrogen) atoms. The van der Waals surface area contributed by atoms with Crippen molar-refractivity contribution < 1.29 is 10.2 Å². The summed E-state index contributed by atoms with van der Waals surface area (Å²) in [5.41, 5.74) is 8.04. The Labute approximate surface area is 157 Å². The van der Waals surface area contributed by atoms with Gasteiger partial charge in [0.25, 0.3) is 0 Å². The predicted molar refractivity (Wildman–Crippen MR) is 102 cm³/mol. The third-order valence-corrected chi connectivity index (χ3v) is 5.47. The van der Waals surface area contributed by atoms with Crippen molar-refractivity contribution in [3.8, 4) is 0 Å². The molecule has 3 aromatic rings. The van der Waals surface area contributed by atoms with Gasteiger partial charge in [-0.15, -0.1) is 0 Å². The Bertz CT molecular complexity index is 915. The number of aromatic nitrogens is 4. The molecular formula is C19H24N6O2. The number of aliphatic hydroxyl groups excluding tert-OH is 2. The number of nitrogens with zero attached hydrogens (tertiary/aromatic N) is 4. The lowest BCUT2D eigenvalue weighted by Gasteiger charge is -2.23. The van der Waals surface area contributed by atoms with E-state index >= 15 is 0 Å².